The standard InChI is InChI=1S/C37H21Cl3F8N4O5/c1-50(30-18(38)9-11-20(49-30)37(46,47)48)52-31(54)16-8-7-15-17(21(16)32(52)55)12-35(39)33(56)51(29-27(44)25(42)24(41)26(43)28(29)45)34(57)36(35,40)23(15)22-14-5-3-2-4-13(14)6-10-19(22)53/h2-7,9-11,16-17,21,23,53H,8,12H2,1H3/t16-,17+,21-,23+,35+,36-/m0/s1. The molecule has 20 heteroatoms. The molecule has 3 fully saturated rings. The van der Waals surface area contributed by atoms with Gasteiger partial charge in [0.2, 0.25) is 5.82 Å². The average molecular weight is 860 g/mol. The number of carbonyl (C=O) groups excluding carboxylic acids is 4. The third-order valence-corrected chi connectivity index (χ3v) is 12.9. The first-order chi connectivity index (χ1) is 26.7. The Morgan fingerprint density at radius 3 is 2.12 bits per heavy atom. The van der Waals surface area contributed by atoms with E-state index >= 15 is 8.78 Å². The number of rotatable bonds is 4. The van der Waals surface area contributed by atoms with Crippen molar-refractivity contribution in [1.82, 2.24) is 9.99 Å². The summed E-state index contributed by atoms with van der Waals surface area (Å²) in [6.45, 7) is 0. The number of alkyl halides is 5. The molecule has 4 aromatic rings. The average Bonchev–Trinajstić information content (AvgIpc) is 3.51. The number of nitrogens with zero attached hydrogens (tertiary/aromatic N) is 4. The van der Waals surface area contributed by atoms with E-state index in [2.05, 4.69) is 4.98 Å². The lowest BCUT2D eigenvalue weighted by Gasteiger charge is -2.51. The summed E-state index contributed by atoms with van der Waals surface area (Å²) in [5, 5.41) is 13.0. The number of hydrogen-bond donors (Lipinski definition) is 1. The molecule has 1 saturated carbocycles. The molecule has 4 amide bonds. The summed E-state index contributed by atoms with van der Waals surface area (Å²) in [5.41, 5.74) is -3.51. The molecule has 3 heterocycles. The van der Waals surface area contributed by atoms with Crippen molar-refractivity contribution in [2.24, 2.45) is 17.8 Å². The zero-order valence-electron chi connectivity index (χ0n) is 28.4. The Bertz CT molecular complexity index is 2530. The van der Waals surface area contributed by atoms with Crippen LogP contribution in [-0.4, -0.2) is 55.5 Å². The molecule has 6 atom stereocenters. The summed E-state index contributed by atoms with van der Waals surface area (Å²) in [4.78, 5) is 55.0. The van der Waals surface area contributed by atoms with Gasteiger partial charge in [0.1, 0.15) is 17.1 Å². The van der Waals surface area contributed by atoms with Crippen molar-refractivity contribution in [2.75, 3.05) is 17.0 Å². The highest BCUT2D eigenvalue weighted by Crippen LogP contribution is 2.67. The number of halogens is 11. The van der Waals surface area contributed by atoms with E-state index in [0.717, 1.165) is 13.1 Å². The van der Waals surface area contributed by atoms with Gasteiger partial charge in [0.25, 0.3) is 23.6 Å². The molecule has 0 bridgehead atoms. The molecule has 0 radical (unpaired) electrons. The minimum atomic E-state index is -4.95. The molecule has 8 rings (SSSR count). The van der Waals surface area contributed by atoms with Gasteiger partial charge in [-0.3, -0.25) is 24.2 Å². The highest BCUT2D eigenvalue weighted by molar-refractivity contribution is 6.58. The Hall–Kier alpha value is -5.00. The van der Waals surface area contributed by atoms with E-state index in [1.807, 2.05) is 0 Å². The Morgan fingerprint density at radius 2 is 1.47 bits per heavy atom. The van der Waals surface area contributed by atoms with Crippen LogP contribution in [0.25, 0.3) is 10.8 Å². The van der Waals surface area contributed by atoms with Crippen molar-refractivity contribution >= 4 is 80.7 Å². The fourth-order valence-corrected chi connectivity index (χ4v) is 9.81. The summed E-state index contributed by atoms with van der Waals surface area (Å²) < 4.78 is 115. The molecule has 2 aliphatic heterocycles. The molecule has 1 N–H and O–H groups in total. The highest BCUT2D eigenvalue weighted by atomic mass is 35.5. The second kappa shape index (κ2) is 12.8. The van der Waals surface area contributed by atoms with Gasteiger partial charge < -0.3 is 5.11 Å². The van der Waals surface area contributed by atoms with Crippen molar-refractivity contribution in [3.8, 4) is 5.75 Å². The van der Waals surface area contributed by atoms with Crippen molar-refractivity contribution in [1.29, 1.82) is 0 Å². The van der Waals surface area contributed by atoms with Gasteiger partial charge in [0.05, 0.1) is 16.9 Å². The third kappa shape index (κ3) is 5.10. The van der Waals surface area contributed by atoms with Crippen LogP contribution in [0.2, 0.25) is 5.02 Å². The second-order valence-corrected chi connectivity index (χ2v) is 15.6. The summed E-state index contributed by atoms with van der Waals surface area (Å²) in [6, 6.07) is 10.4. The number of aromatic nitrogens is 1. The zero-order valence-corrected chi connectivity index (χ0v) is 30.7. The van der Waals surface area contributed by atoms with E-state index in [-0.39, 0.29) is 32.9 Å². The number of fused-ring (bicyclic) bond motifs is 5. The minimum absolute atomic E-state index is 0.0375. The fraction of sp³-hybridized carbons (Fsp3) is 0.270. The number of phenols is 1. The van der Waals surface area contributed by atoms with Gasteiger partial charge in [-0.25, -0.2) is 31.8 Å². The number of amides is 4. The van der Waals surface area contributed by atoms with Crippen LogP contribution in [0, 0.1) is 46.8 Å². The molecular weight excluding hydrogens is 839 g/mol. The lowest BCUT2D eigenvalue weighted by molar-refractivity contribution is -0.141. The van der Waals surface area contributed by atoms with Gasteiger partial charge in [-0.05, 0) is 47.7 Å². The molecule has 1 aromatic heterocycles. The summed E-state index contributed by atoms with van der Waals surface area (Å²) in [5.74, 6) is -25.3. The predicted octanol–water partition coefficient (Wildman–Crippen LogP) is 7.92. The maximum atomic E-state index is 15.4. The maximum Gasteiger partial charge on any atom is 0.433 e. The highest BCUT2D eigenvalue weighted by Gasteiger charge is 2.77. The number of hydrazine groups is 1. The second-order valence-electron chi connectivity index (χ2n) is 13.9. The largest absolute Gasteiger partial charge is 0.508 e. The topological polar surface area (TPSA) is 111 Å². The molecular formula is C37H21Cl3F8N4O5. The van der Waals surface area contributed by atoms with Gasteiger partial charge in [0.15, 0.2) is 38.8 Å². The molecule has 0 spiro atoms. The molecule has 2 saturated heterocycles. The van der Waals surface area contributed by atoms with Crippen LogP contribution in [0.1, 0.15) is 30.0 Å². The van der Waals surface area contributed by atoms with Gasteiger partial charge >= 0.3 is 6.18 Å². The van der Waals surface area contributed by atoms with E-state index in [4.69, 9.17) is 34.8 Å². The van der Waals surface area contributed by atoms with E-state index in [1.54, 1.807) is 12.1 Å². The fourth-order valence-electron chi connectivity index (χ4n) is 8.66. The van der Waals surface area contributed by atoms with Gasteiger partial charge in [-0.15, -0.1) is 23.2 Å². The third-order valence-electron chi connectivity index (χ3n) is 11.2. The minimum Gasteiger partial charge on any atom is -0.508 e. The van der Waals surface area contributed by atoms with Crippen LogP contribution in [0.3, 0.4) is 0 Å². The number of anilines is 2. The van der Waals surface area contributed by atoms with Crippen LogP contribution in [0.5, 0.6) is 5.75 Å². The Morgan fingerprint density at radius 1 is 0.842 bits per heavy atom. The molecule has 3 aromatic carbocycles. The predicted molar refractivity (Wildman–Crippen MR) is 187 cm³/mol. The van der Waals surface area contributed by atoms with Crippen LogP contribution < -0.4 is 9.91 Å². The summed E-state index contributed by atoms with van der Waals surface area (Å²) >= 11 is 20.6. The molecule has 4 aliphatic rings. The first-order valence-electron chi connectivity index (χ1n) is 16.7. The van der Waals surface area contributed by atoms with Gasteiger partial charge in [-0.1, -0.05) is 53.6 Å². The first-order valence-corrected chi connectivity index (χ1v) is 17.9. The Balaban J connectivity index is 1.32. The number of imide groups is 2. The normalized spacial score (nSPS) is 27.2. The molecule has 296 valence electrons. The summed E-state index contributed by atoms with van der Waals surface area (Å²) in [6.07, 6.45) is -4.69. The van der Waals surface area contributed by atoms with Crippen molar-refractivity contribution in [3.63, 3.8) is 0 Å². The van der Waals surface area contributed by atoms with Crippen molar-refractivity contribution < 1.29 is 59.4 Å². The smallest absolute Gasteiger partial charge is 0.433 e. The maximum absolute atomic E-state index is 15.4. The quantitative estimate of drug-likeness (QED) is 0.0555. The zero-order chi connectivity index (χ0) is 41.4. The first kappa shape index (κ1) is 38.9. The number of carbonyl (C=O) groups is 4. The Labute approximate surface area is 329 Å². The molecule has 2 aliphatic carbocycles. The monoisotopic (exact) mass is 858 g/mol. The van der Waals surface area contributed by atoms with Crippen molar-refractivity contribution in [3.05, 3.63) is 106 Å². The van der Waals surface area contributed by atoms with Gasteiger partial charge in [0, 0.05) is 18.5 Å². The van der Waals surface area contributed by atoms with E-state index in [0.29, 0.717) is 21.5 Å². The number of pyridine rings is 1. The lowest BCUT2D eigenvalue weighted by atomic mass is 9.56. The number of hydrogen-bond acceptors (Lipinski definition) is 7. The van der Waals surface area contributed by atoms with E-state index in [1.165, 1.54) is 30.3 Å². The SMILES string of the molecule is CN(c1nc(C(F)(F)F)ccc1Cl)N1C(=O)[C@H]2[C@H](CC=C3[C@H]2C[C@@]2(Cl)C(=O)N(c4c(F)c(F)c(F)c(F)c4F)C(=O)[C@@]2(Cl)[C@H]3c2c(O)ccc3ccccc23)C1=O. The molecule has 57 heavy (non-hydrogen) atoms. The number of allylic oxidation sites excluding steroid dienone is 2. The van der Waals surface area contributed by atoms with E-state index in [9.17, 15) is 50.6 Å². The number of phenolic OH excluding ortho intramolecular Hbond substituents is 1. The van der Waals surface area contributed by atoms with Crippen LogP contribution in [-0.2, 0) is 25.4 Å². The molecule has 0 unspecified atom stereocenters. The summed E-state index contributed by atoms with van der Waals surface area (Å²) in [7, 11) is 1.06. The lowest BCUT2D eigenvalue weighted by Crippen LogP contribution is -2.60. The van der Waals surface area contributed by atoms with Crippen LogP contribution >= 0.6 is 34.8 Å². The van der Waals surface area contributed by atoms with Crippen LogP contribution in [0.15, 0.2) is 60.2 Å². The van der Waals surface area contributed by atoms with Gasteiger partial charge in [-0.2, -0.15) is 18.2 Å². The Kier molecular flexibility index (Phi) is 8.69. The van der Waals surface area contributed by atoms with Crippen molar-refractivity contribution in [2.45, 2.75) is 34.7 Å². The van der Waals surface area contributed by atoms with Crippen LogP contribution in [0.4, 0.5) is 46.6 Å². The molecule has 9 nitrogen and oxygen atoms in total. The number of aromatic hydroxyl groups is 1. The van der Waals surface area contributed by atoms with E-state index < -0.39 is 122 Å². The number of benzene rings is 3.